The third-order valence-electron chi connectivity index (χ3n) is 4.05. The number of nitrogen functional groups attached to an aromatic ring is 1. The van der Waals surface area contributed by atoms with E-state index in [0.717, 1.165) is 18.8 Å². The molecule has 112 valence electrons. The van der Waals surface area contributed by atoms with Gasteiger partial charge in [-0.3, -0.25) is 4.90 Å². The highest BCUT2D eigenvalue weighted by Gasteiger charge is 2.11. The number of hydrogen-bond acceptors (Lipinski definition) is 2. The largest absolute Gasteiger partial charge is 0.399 e. The first-order valence-electron chi connectivity index (χ1n) is 7.60. The fourth-order valence-corrected chi connectivity index (χ4v) is 2.41. The van der Waals surface area contributed by atoms with Gasteiger partial charge in [-0.25, -0.2) is 0 Å². The van der Waals surface area contributed by atoms with Gasteiger partial charge in [-0.2, -0.15) is 0 Å². The van der Waals surface area contributed by atoms with Gasteiger partial charge in [-0.1, -0.05) is 30.3 Å². The van der Waals surface area contributed by atoms with E-state index >= 15 is 0 Å². The molecule has 2 aromatic carbocycles. The Balaban J connectivity index is 2.11. The Labute approximate surface area is 128 Å². The van der Waals surface area contributed by atoms with Crippen molar-refractivity contribution < 1.29 is 0 Å². The zero-order valence-corrected chi connectivity index (χ0v) is 13.6. The maximum absolute atomic E-state index is 5.76. The Kier molecular flexibility index (Phi) is 5.03. The smallest absolute Gasteiger partial charge is 0.0314 e. The summed E-state index contributed by atoms with van der Waals surface area (Å²) in [6.07, 6.45) is 0. The van der Waals surface area contributed by atoms with Gasteiger partial charge in [-0.05, 0) is 62.1 Å². The SMILES string of the molecule is Cc1ccc(CN(Cc2ccc(N)cc2)C(C)C)cc1C. The van der Waals surface area contributed by atoms with Gasteiger partial charge < -0.3 is 5.73 Å². The first kappa shape index (κ1) is 15.6. The zero-order valence-electron chi connectivity index (χ0n) is 13.6. The summed E-state index contributed by atoms with van der Waals surface area (Å²) < 4.78 is 0. The van der Waals surface area contributed by atoms with Crippen LogP contribution in [-0.4, -0.2) is 10.9 Å². The summed E-state index contributed by atoms with van der Waals surface area (Å²) in [6.45, 7) is 10.8. The summed E-state index contributed by atoms with van der Waals surface area (Å²) in [5.41, 5.74) is 12.0. The summed E-state index contributed by atoms with van der Waals surface area (Å²) in [7, 11) is 0. The minimum absolute atomic E-state index is 0.504. The molecule has 0 spiro atoms. The normalized spacial score (nSPS) is 11.3. The second-order valence-corrected chi connectivity index (χ2v) is 6.16. The summed E-state index contributed by atoms with van der Waals surface area (Å²) in [5.74, 6) is 0. The van der Waals surface area contributed by atoms with Crippen LogP contribution in [0.3, 0.4) is 0 Å². The monoisotopic (exact) mass is 282 g/mol. The number of benzene rings is 2. The summed E-state index contributed by atoms with van der Waals surface area (Å²) in [6, 6.07) is 15.4. The zero-order chi connectivity index (χ0) is 15.4. The molecule has 0 aromatic heterocycles. The van der Waals surface area contributed by atoms with Crippen LogP contribution in [0.15, 0.2) is 42.5 Å². The third-order valence-corrected chi connectivity index (χ3v) is 4.05. The molecule has 0 radical (unpaired) electrons. The predicted octanol–water partition coefficient (Wildman–Crippen LogP) is 4.30. The quantitative estimate of drug-likeness (QED) is 0.829. The third kappa shape index (κ3) is 4.33. The molecule has 0 bridgehead atoms. The second kappa shape index (κ2) is 6.77. The topological polar surface area (TPSA) is 29.3 Å². The van der Waals surface area contributed by atoms with Crippen LogP contribution in [0.5, 0.6) is 0 Å². The second-order valence-electron chi connectivity index (χ2n) is 6.16. The molecule has 0 fully saturated rings. The van der Waals surface area contributed by atoms with Crippen LogP contribution in [0.2, 0.25) is 0 Å². The minimum Gasteiger partial charge on any atom is -0.399 e. The molecule has 21 heavy (non-hydrogen) atoms. The minimum atomic E-state index is 0.504. The molecule has 0 amide bonds. The molecule has 2 rings (SSSR count). The standard InChI is InChI=1S/C19H26N2/c1-14(2)21(12-17-7-9-19(20)10-8-17)13-18-6-5-15(3)16(4)11-18/h5-11,14H,12-13,20H2,1-4H3. The number of hydrogen-bond donors (Lipinski definition) is 1. The van der Waals surface area contributed by atoms with E-state index in [9.17, 15) is 0 Å². The number of rotatable bonds is 5. The van der Waals surface area contributed by atoms with Crippen molar-refractivity contribution in [3.63, 3.8) is 0 Å². The highest BCUT2D eigenvalue weighted by Crippen LogP contribution is 2.16. The van der Waals surface area contributed by atoms with Crippen molar-refractivity contribution in [1.29, 1.82) is 0 Å². The first-order valence-corrected chi connectivity index (χ1v) is 7.60. The van der Waals surface area contributed by atoms with Crippen molar-refractivity contribution >= 4 is 5.69 Å². The molecule has 2 nitrogen and oxygen atoms in total. The molecule has 2 heteroatoms. The summed E-state index contributed by atoms with van der Waals surface area (Å²) in [5, 5.41) is 0. The summed E-state index contributed by atoms with van der Waals surface area (Å²) >= 11 is 0. The highest BCUT2D eigenvalue weighted by molar-refractivity contribution is 5.39. The Hall–Kier alpha value is -1.80. The molecule has 0 saturated heterocycles. The predicted molar refractivity (Wildman–Crippen MR) is 91.2 cm³/mol. The van der Waals surface area contributed by atoms with Crippen LogP contribution in [0.25, 0.3) is 0 Å². The van der Waals surface area contributed by atoms with Crippen LogP contribution in [-0.2, 0) is 13.1 Å². The van der Waals surface area contributed by atoms with Gasteiger partial charge in [-0.15, -0.1) is 0 Å². The Morgan fingerprint density at radius 2 is 1.43 bits per heavy atom. The van der Waals surface area contributed by atoms with Crippen LogP contribution >= 0.6 is 0 Å². The van der Waals surface area contributed by atoms with Gasteiger partial charge in [0.05, 0.1) is 0 Å². The Morgan fingerprint density at radius 3 is 2.00 bits per heavy atom. The van der Waals surface area contributed by atoms with E-state index in [0.29, 0.717) is 6.04 Å². The molecular weight excluding hydrogens is 256 g/mol. The number of nitrogens with two attached hydrogens (primary N) is 1. The van der Waals surface area contributed by atoms with Crippen molar-refractivity contribution in [2.75, 3.05) is 5.73 Å². The molecule has 0 aliphatic rings. The molecule has 2 N–H and O–H groups in total. The van der Waals surface area contributed by atoms with Gasteiger partial charge in [0.15, 0.2) is 0 Å². The van der Waals surface area contributed by atoms with Crippen molar-refractivity contribution in [3.05, 3.63) is 64.7 Å². The van der Waals surface area contributed by atoms with Crippen molar-refractivity contribution in [2.24, 2.45) is 0 Å². The van der Waals surface area contributed by atoms with E-state index in [2.05, 4.69) is 62.9 Å². The lowest BCUT2D eigenvalue weighted by Crippen LogP contribution is -2.29. The van der Waals surface area contributed by atoms with Gasteiger partial charge in [0.2, 0.25) is 0 Å². The van der Waals surface area contributed by atoms with Gasteiger partial charge in [0.25, 0.3) is 0 Å². The molecule has 0 aliphatic carbocycles. The number of aryl methyl sites for hydroxylation is 2. The van der Waals surface area contributed by atoms with E-state index < -0.39 is 0 Å². The van der Waals surface area contributed by atoms with Gasteiger partial charge in [0, 0.05) is 24.8 Å². The van der Waals surface area contributed by atoms with Gasteiger partial charge >= 0.3 is 0 Å². The maximum Gasteiger partial charge on any atom is 0.0314 e. The van der Waals surface area contributed by atoms with E-state index in [1.54, 1.807) is 0 Å². The molecular formula is C19H26N2. The lowest BCUT2D eigenvalue weighted by Gasteiger charge is -2.27. The van der Waals surface area contributed by atoms with E-state index in [4.69, 9.17) is 5.73 Å². The number of anilines is 1. The van der Waals surface area contributed by atoms with E-state index in [1.807, 2.05) is 12.1 Å². The highest BCUT2D eigenvalue weighted by atomic mass is 15.1. The molecule has 2 aromatic rings. The maximum atomic E-state index is 5.76. The van der Waals surface area contributed by atoms with Gasteiger partial charge in [0.1, 0.15) is 0 Å². The fraction of sp³-hybridized carbons (Fsp3) is 0.368. The van der Waals surface area contributed by atoms with Crippen molar-refractivity contribution in [2.45, 2.75) is 46.8 Å². The Bertz CT molecular complexity index is 585. The van der Waals surface area contributed by atoms with Crippen molar-refractivity contribution in [3.8, 4) is 0 Å². The number of nitrogens with zero attached hydrogens (tertiary/aromatic N) is 1. The van der Waals surface area contributed by atoms with Crippen molar-refractivity contribution in [1.82, 2.24) is 4.90 Å². The molecule has 0 aliphatic heterocycles. The Morgan fingerprint density at radius 1 is 0.857 bits per heavy atom. The molecule has 0 saturated carbocycles. The average Bonchev–Trinajstić information content (AvgIpc) is 2.44. The van der Waals surface area contributed by atoms with E-state index in [-0.39, 0.29) is 0 Å². The first-order chi connectivity index (χ1) is 9.95. The lowest BCUT2D eigenvalue weighted by molar-refractivity contribution is 0.203. The van der Waals surface area contributed by atoms with Crippen LogP contribution in [0.4, 0.5) is 5.69 Å². The fourth-order valence-electron chi connectivity index (χ4n) is 2.41. The molecule has 0 unspecified atom stereocenters. The van der Waals surface area contributed by atoms with Crippen LogP contribution in [0.1, 0.15) is 36.1 Å². The van der Waals surface area contributed by atoms with Crippen LogP contribution < -0.4 is 5.73 Å². The lowest BCUT2D eigenvalue weighted by atomic mass is 10.1. The molecule has 0 heterocycles. The van der Waals surface area contributed by atoms with E-state index in [1.165, 1.54) is 22.3 Å². The molecule has 0 atom stereocenters. The average molecular weight is 282 g/mol. The summed E-state index contributed by atoms with van der Waals surface area (Å²) in [4.78, 5) is 2.48. The van der Waals surface area contributed by atoms with Crippen LogP contribution in [0, 0.1) is 13.8 Å².